The van der Waals surface area contributed by atoms with Crippen molar-refractivity contribution >= 4 is 11.8 Å². The lowest BCUT2D eigenvalue weighted by Gasteiger charge is -2.11. The van der Waals surface area contributed by atoms with Crippen LogP contribution in [0.4, 0.5) is 0 Å². The monoisotopic (exact) mass is 393 g/mol. The number of para-hydroxylation sites is 1. The van der Waals surface area contributed by atoms with Gasteiger partial charge in [0.15, 0.2) is 11.5 Å². The molecule has 2 amide bonds. The van der Waals surface area contributed by atoms with Crippen LogP contribution in [0.15, 0.2) is 54.6 Å². The molecule has 0 saturated carbocycles. The molecule has 0 unspecified atom stereocenters. The van der Waals surface area contributed by atoms with Gasteiger partial charge in [0.25, 0.3) is 11.8 Å². The van der Waals surface area contributed by atoms with Crippen molar-refractivity contribution in [1.29, 1.82) is 0 Å². The van der Waals surface area contributed by atoms with Crippen LogP contribution in [0.3, 0.4) is 0 Å². The maximum atomic E-state index is 12.6. The summed E-state index contributed by atoms with van der Waals surface area (Å²) in [5.74, 6) is 0.0876. The minimum Gasteiger partial charge on any atom is -0.493 e. The molecule has 2 aromatic carbocycles. The first-order valence-corrected chi connectivity index (χ1v) is 9.03. The standard InChI is InChI=1S/C22H23N3O4/c1-14-12-18(15(2)25(14)17-8-6-5-7-9-17)22(27)24-23-21(26)16-10-11-19(28-3)20(13-16)29-4/h5-13H,1-4H3,(H,23,26)(H,24,27). The predicted molar refractivity (Wildman–Crippen MR) is 110 cm³/mol. The van der Waals surface area contributed by atoms with E-state index >= 15 is 0 Å². The van der Waals surface area contributed by atoms with Gasteiger partial charge in [-0.2, -0.15) is 0 Å². The number of hydrogen-bond acceptors (Lipinski definition) is 4. The Bertz CT molecular complexity index is 1040. The maximum absolute atomic E-state index is 12.6. The molecule has 29 heavy (non-hydrogen) atoms. The summed E-state index contributed by atoms with van der Waals surface area (Å²) in [5, 5.41) is 0. The Balaban J connectivity index is 1.74. The molecule has 0 atom stereocenters. The number of aryl methyl sites for hydroxylation is 1. The average molecular weight is 393 g/mol. The minimum atomic E-state index is -0.462. The highest BCUT2D eigenvalue weighted by Crippen LogP contribution is 2.27. The van der Waals surface area contributed by atoms with Crippen molar-refractivity contribution < 1.29 is 19.1 Å². The molecule has 0 bridgehead atoms. The molecule has 1 aromatic heterocycles. The highest BCUT2D eigenvalue weighted by molar-refractivity contribution is 6.00. The number of benzene rings is 2. The Hall–Kier alpha value is -3.74. The second-order valence-corrected chi connectivity index (χ2v) is 6.43. The van der Waals surface area contributed by atoms with E-state index in [1.807, 2.05) is 48.7 Å². The first-order chi connectivity index (χ1) is 14.0. The molecule has 3 rings (SSSR count). The molecule has 3 aromatic rings. The van der Waals surface area contributed by atoms with Crippen LogP contribution >= 0.6 is 0 Å². The summed E-state index contributed by atoms with van der Waals surface area (Å²) in [6, 6.07) is 16.3. The quantitative estimate of drug-likeness (QED) is 0.653. The van der Waals surface area contributed by atoms with Gasteiger partial charge in [0.1, 0.15) is 0 Å². The molecule has 7 heteroatoms. The van der Waals surface area contributed by atoms with E-state index in [1.165, 1.54) is 14.2 Å². The van der Waals surface area contributed by atoms with Crippen molar-refractivity contribution in [2.24, 2.45) is 0 Å². The van der Waals surface area contributed by atoms with Crippen LogP contribution in [0.1, 0.15) is 32.1 Å². The number of carbonyl (C=O) groups is 2. The van der Waals surface area contributed by atoms with Gasteiger partial charge in [-0.05, 0) is 50.2 Å². The zero-order valence-corrected chi connectivity index (χ0v) is 16.8. The summed E-state index contributed by atoms with van der Waals surface area (Å²) < 4.78 is 12.4. The highest BCUT2D eigenvalue weighted by atomic mass is 16.5. The lowest BCUT2D eigenvalue weighted by atomic mass is 10.2. The zero-order valence-electron chi connectivity index (χ0n) is 16.8. The second-order valence-electron chi connectivity index (χ2n) is 6.43. The van der Waals surface area contributed by atoms with Gasteiger partial charge >= 0.3 is 0 Å². The molecule has 2 N–H and O–H groups in total. The second kappa shape index (κ2) is 8.52. The van der Waals surface area contributed by atoms with Crippen molar-refractivity contribution in [2.75, 3.05) is 14.2 Å². The molecule has 7 nitrogen and oxygen atoms in total. The third-order valence-corrected chi connectivity index (χ3v) is 4.63. The smallest absolute Gasteiger partial charge is 0.271 e. The Morgan fingerprint density at radius 3 is 2.14 bits per heavy atom. The van der Waals surface area contributed by atoms with Crippen molar-refractivity contribution in [3.63, 3.8) is 0 Å². The number of nitrogens with one attached hydrogen (secondary N) is 2. The molecule has 0 saturated heterocycles. The number of hydrogen-bond donors (Lipinski definition) is 2. The number of hydrazine groups is 1. The molecular weight excluding hydrogens is 370 g/mol. The minimum absolute atomic E-state index is 0.331. The van der Waals surface area contributed by atoms with E-state index < -0.39 is 11.8 Å². The number of nitrogens with zero attached hydrogens (tertiary/aromatic N) is 1. The van der Waals surface area contributed by atoms with Gasteiger partial charge in [-0.1, -0.05) is 18.2 Å². The van der Waals surface area contributed by atoms with Crippen LogP contribution in [0, 0.1) is 13.8 Å². The normalized spacial score (nSPS) is 10.3. The molecule has 0 aliphatic heterocycles. The zero-order chi connectivity index (χ0) is 21.0. The van der Waals surface area contributed by atoms with Gasteiger partial charge < -0.3 is 14.0 Å². The molecule has 0 radical (unpaired) electrons. The number of methoxy groups -OCH3 is 2. The van der Waals surface area contributed by atoms with Crippen LogP contribution in [-0.4, -0.2) is 30.6 Å². The Morgan fingerprint density at radius 2 is 1.48 bits per heavy atom. The van der Waals surface area contributed by atoms with E-state index in [0.29, 0.717) is 22.6 Å². The fourth-order valence-electron chi connectivity index (χ4n) is 3.20. The van der Waals surface area contributed by atoms with Crippen LogP contribution in [-0.2, 0) is 0 Å². The molecule has 0 aliphatic rings. The first-order valence-electron chi connectivity index (χ1n) is 9.03. The Labute approximate surface area is 169 Å². The fourth-order valence-corrected chi connectivity index (χ4v) is 3.20. The van der Waals surface area contributed by atoms with Crippen LogP contribution < -0.4 is 20.3 Å². The Morgan fingerprint density at radius 1 is 0.828 bits per heavy atom. The lowest BCUT2D eigenvalue weighted by Crippen LogP contribution is -2.41. The summed E-state index contributed by atoms with van der Waals surface area (Å²) in [7, 11) is 3.01. The number of carbonyl (C=O) groups excluding carboxylic acids is 2. The van der Waals surface area contributed by atoms with Crippen molar-refractivity contribution in [1.82, 2.24) is 15.4 Å². The SMILES string of the molecule is COc1ccc(C(=O)NNC(=O)c2cc(C)n(-c3ccccc3)c2C)cc1OC. The van der Waals surface area contributed by atoms with Gasteiger partial charge in [-0.25, -0.2) is 0 Å². The van der Waals surface area contributed by atoms with Crippen molar-refractivity contribution in [3.8, 4) is 17.2 Å². The fraction of sp³-hybridized carbons (Fsp3) is 0.182. The van der Waals surface area contributed by atoms with E-state index in [9.17, 15) is 9.59 Å². The van der Waals surface area contributed by atoms with Gasteiger partial charge in [0.2, 0.25) is 0 Å². The van der Waals surface area contributed by atoms with Gasteiger partial charge in [0.05, 0.1) is 19.8 Å². The summed E-state index contributed by atoms with van der Waals surface area (Å²) in [5.41, 5.74) is 8.40. The molecule has 0 aliphatic carbocycles. The largest absolute Gasteiger partial charge is 0.493 e. The summed E-state index contributed by atoms with van der Waals surface area (Å²) >= 11 is 0. The van der Waals surface area contributed by atoms with Crippen molar-refractivity contribution in [2.45, 2.75) is 13.8 Å². The summed E-state index contributed by atoms with van der Waals surface area (Å²) in [6.07, 6.45) is 0. The third kappa shape index (κ3) is 4.08. The van der Waals surface area contributed by atoms with Gasteiger partial charge in [0, 0.05) is 22.6 Å². The number of rotatable bonds is 5. The van der Waals surface area contributed by atoms with Gasteiger partial charge in [-0.3, -0.25) is 20.4 Å². The molecule has 0 spiro atoms. The van der Waals surface area contributed by atoms with E-state index in [1.54, 1.807) is 24.3 Å². The van der Waals surface area contributed by atoms with Crippen LogP contribution in [0.2, 0.25) is 0 Å². The maximum Gasteiger partial charge on any atom is 0.271 e. The molecule has 150 valence electrons. The van der Waals surface area contributed by atoms with Crippen LogP contribution in [0.25, 0.3) is 5.69 Å². The predicted octanol–water partition coefficient (Wildman–Crippen LogP) is 3.19. The Kier molecular flexibility index (Phi) is 5.87. The first kappa shape index (κ1) is 20.0. The van der Waals surface area contributed by atoms with Crippen molar-refractivity contribution in [3.05, 3.63) is 77.1 Å². The average Bonchev–Trinajstić information content (AvgIpc) is 3.05. The highest BCUT2D eigenvalue weighted by Gasteiger charge is 2.18. The molecule has 1 heterocycles. The van der Waals surface area contributed by atoms with E-state index in [-0.39, 0.29) is 0 Å². The summed E-state index contributed by atoms with van der Waals surface area (Å²) in [6.45, 7) is 3.80. The topological polar surface area (TPSA) is 81.6 Å². The molecular formula is C22H23N3O4. The number of ether oxygens (including phenoxy) is 2. The van der Waals surface area contributed by atoms with E-state index in [4.69, 9.17) is 9.47 Å². The number of aromatic nitrogens is 1. The van der Waals surface area contributed by atoms with E-state index in [2.05, 4.69) is 10.9 Å². The van der Waals surface area contributed by atoms with E-state index in [0.717, 1.165) is 17.1 Å². The lowest BCUT2D eigenvalue weighted by molar-refractivity contribution is 0.0846. The third-order valence-electron chi connectivity index (χ3n) is 4.63. The number of amides is 2. The summed E-state index contributed by atoms with van der Waals surface area (Å²) in [4.78, 5) is 25.0. The van der Waals surface area contributed by atoms with Gasteiger partial charge in [-0.15, -0.1) is 0 Å². The van der Waals surface area contributed by atoms with Crippen LogP contribution in [0.5, 0.6) is 11.5 Å². The molecule has 0 fully saturated rings.